The molecule has 1 unspecified atom stereocenters. The van der Waals surface area contributed by atoms with Gasteiger partial charge in [0.25, 0.3) is 0 Å². The molecular formula is C11H14F3NO3S. The molecule has 1 aromatic carbocycles. The molecule has 19 heavy (non-hydrogen) atoms. The van der Waals surface area contributed by atoms with Gasteiger partial charge in [0.15, 0.2) is 17.5 Å². The molecule has 108 valence electrons. The first kappa shape index (κ1) is 15.9. The molecule has 0 aromatic heterocycles. The topological polar surface area (TPSA) is 66.4 Å². The molecule has 0 saturated heterocycles. The van der Waals surface area contributed by atoms with Gasteiger partial charge in [-0.3, -0.25) is 0 Å². The van der Waals surface area contributed by atoms with Crippen LogP contribution in [0.25, 0.3) is 0 Å². The Morgan fingerprint density at radius 3 is 2.26 bits per heavy atom. The Morgan fingerprint density at radius 2 is 1.79 bits per heavy atom. The van der Waals surface area contributed by atoms with Gasteiger partial charge in [-0.15, -0.1) is 0 Å². The number of hydrogen-bond donors (Lipinski definition) is 2. The van der Waals surface area contributed by atoms with E-state index in [2.05, 4.69) is 4.72 Å². The lowest BCUT2D eigenvalue weighted by atomic mass is 10.1. The van der Waals surface area contributed by atoms with Crippen LogP contribution in [-0.2, 0) is 10.0 Å². The van der Waals surface area contributed by atoms with Crippen molar-refractivity contribution in [1.29, 1.82) is 0 Å². The van der Waals surface area contributed by atoms with E-state index in [1.807, 2.05) is 0 Å². The smallest absolute Gasteiger partial charge is 0.240 e. The Labute approximate surface area is 109 Å². The van der Waals surface area contributed by atoms with E-state index in [4.69, 9.17) is 5.11 Å². The average Bonchev–Trinajstić information content (AvgIpc) is 2.33. The standard InChI is InChI=1S/C11H14F3NO3S/c1-7(2-3-16)6-15-19(17,18)8-4-9(12)11(14)10(13)5-8/h4-5,7,15-16H,2-3,6H2,1H3. The number of hydrogen-bond acceptors (Lipinski definition) is 3. The summed E-state index contributed by atoms with van der Waals surface area (Å²) in [6.07, 6.45) is 0.384. The predicted octanol–water partition coefficient (Wildman–Crippen LogP) is 1.40. The highest BCUT2D eigenvalue weighted by Gasteiger charge is 2.20. The summed E-state index contributed by atoms with van der Waals surface area (Å²) in [4.78, 5) is -0.680. The van der Waals surface area contributed by atoms with Gasteiger partial charge in [-0.05, 0) is 24.5 Å². The zero-order chi connectivity index (χ0) is 14.6. The molecule has 0 bridgehead atoms. The molecule has 0 radical (unpaired) electrons. The van der Waals surface area contributed by atoms with Crippen molar-refractivity contribution in [3.63, 3.8) is 0 Å². The maximum atomic E-state index is 12.9. The molecule has 1 rings (SSSR count). The number of nitrogens with one attached hydrogen (secondary N) is 1. The fraction of sp³-hybridized carbons (Fsp3) is 0.455. The highest BCUT2D eigenvalue weighted by molar-refractivity contribution is 7.89. The van der Waals surface area contributed by atoms with E-state index in [9.17, 15) is 21.6 Å². The minimum Gasteiger partial charge on any atom is -0.396 e. The van der Waals surface area contributed by atoms with Crippen molar-refractivity contribution in [1.82, 2.24) is 4.72 Å². The summed E-state index contributed by atoms with van der Waals surface area (Å²) >= 11 is 0. The van der Waals surface area contributed by atoms with Crippen molar-refractivity contribution >= 4 is 10.0 Å². The monoisotopic (exact) mass is 297 g/mol. The molecule has 2 N–H and O–H groups in total. The number of sulfonamides is 1. The van der Waals surface area contributed by atoms with Crippen LogP contribution in [0.4, 0.5) is 13.2 Å². The van der Waals surface area contributed by atoms with Crippen LogP contribution >= 0.6 is 0 Å². The van der Waals surface area contributed by atoms with Crippen LogP contribution < -0.4 is 4.72 Å². The summed E-state index contributed by atoms with van der Waals surface area (Å²) in [5.74, 6) is -4.99. The maximum absolute atomic E-state index is 12.9. The van der Waals surface area contributed by atoms with Crippen LogP contribution in [0.3, 0.4) is 0 Å². The minimum atomic E-state index is -4.11. The van der Waals surface area contributed by atoms with Crippen LogP contribution in [0, 0.1) is 23.4 Å². The summed E-state index contributed by atoms with van der Waals surface area (Å²) in [5, 5.41) is 8.67. The van der Waals surface area contributed by atoms with Crippen molar-refractivity contribution in [3.05, 3.63) is 29.6 Å². The van der Waals surface area contributed by atoms with E-state index in [0.717, 1.165) is 0 Å². The summed E-state index contributed by atoms with van der Waals surface area (Å²) < 4.78 is 64.2. The normalized spacial score (nSPS) is 13.5. The van der Waals surface area contributed by atoms with Crippen LogP contribution in [0.2, 0.25) is 0 Å². The first-order valence-corrected chi connectivity index (χ1v) is 7.01. The van der Waals surface area contributed by atoms with Gasteiger partial charge in [0, 0.05) is 13.2 Å². The fourth-order valence-corrected chi connectivity index (χ4v) is 2.53. The SMILES string of the molecule is CC(CCO)CNS(=O)(=O)c1cc(F)c(F)c(F)c1. The number of rotatable bonds is 6. The predicted molar refractivity (Wildman–Crippen MR) is 62.4 cm³/mol. The second-order valence-corrected chi connectivity index (χ2v) is 5.94. The second-order valence-electron chi connectivity index (χ2n) is 4.17. The Kier molecular flexibility index (Phi) is 5.33. The van der Waals surface area contributed by atoms with E-state index in [-0.39, 0.29) is 19.1 Å². The molecular weight excluding hydrogens is 283 g/mol. The van der Waals surface area contributed by atoms with Crippen LogP contribution in [-0.4, -0.2) is 26.7 Å². The fourth-order valence-electron chi connectivity index (χ4n) is 1.35. The minimum absolute atomic E-state index is 0.00348. The Hall–Kier alpha value is -1.12. The summed E-state index contributed by atoms with van der Waals surface area (Å²) in [6.45, 7) is 1.61. The van der Waals surface area contributed by atoms with E-state index in [1.165, 1.54) is 0 Å². The summed E-state index contributed by atoms with van der Waals surface area (Å²) in [5.41, 5.74) is 0. The van der Waals surface area contributed by atoms with Crippen molar-refractivity contribution in [2.24, 2.45) is 5.92 Å². The molecule has 0 fully saturated rings. The van der Waals surface area contributed by atoms with Crippen molar-refractivity contribution < 1.29 is 26.7 Å². The first-order valence-electron chi connectivity index (χ1n) is 5.53. The zero-order valence-electron chi connectivity index (χ0n) is 10.2. The van der Waals surface area contributed by atoms with Crippen LogP contribution in [0.5, 0.6) is 0 Å². The van der Waals surface area contributed by atoms with E-state index in [1.54, 1.807) is 6.92 Å². The van der Waals surface area contributed by atoms with Gasteiger partial charge < -0.3 is 5.11 Å². The van der Waals surface area contributed by atoms with Gasteiger partial charge in [0.05, 0.1) is 4.90 Å². The summed E-state index contributed by atoms with van der Waals surface area (Å²) in [6, 6.07) is 0.828. The molecule has 0 spiro atoms. The Balaban J connectivity index is 2.89. The number of aliphatic hydroxyl groups excluding tert-OH is 1. The van der Waals surface area contributed by atoms with Gasteiger partial charge in [-0.2, -0.15) is 0 Å². The average molecular weight is 297 g/mol. The van der Waals surface area contributed by atoms with Crippen molar-refractivity contribution in [2.45, 2.75) is 18.2 Å². The number of aliphatic hydroxyl groups is 1. The van der Waals surface area contributed by atoms with Crippen molar-refractivity contribution in [2.75, 3.05) is 13.2 Å². The molecule has 1 aromatic rings. The first-order chi connectivity index (χ1) is 8.77. The third-order valence-electron chi connectivity index (χ3n) is 2.51. The second kappa shape index (κ2) is 6.36. The third kappa shape index (κ3) is 4.19. The zero-order valence-corrected chi connectivity index (χ0v) is 11.0. The Morgan fingerprint density at radius 1 is 1.26 bits per heavy atom. The van der Waals surface area contributed by atoms with Crippen molar-refractivity contribution in [3.8, 4) is 0 Å². The lowest BCUT2D eigenvalue weighted by Gasteiger charge is -2.12. The largest absolute Gasteiger partial charge is 0.396 e. The lowest BCUT2D eigenvalue weighted by Crippen LogP contribution is -2.29. The molecule has 4 nitrogen and oxygen atoms in total. The van der Waals surface area contributed by atoms with Gasteiger partial charge in [-0.25, -0.2) is 26.3 Å². The van der Waals surface area contributed by atoms with Crippen LogP contribution in [0.15, 0.2) is 17.0 Å². The van der Waals surface area contributed by atoms with Gasteiger partial charge in [-0.1, -0.05) is 6.92 Å². The van der Waals surface area contributed by atoms with Gasteiger partial charge >= 0.3 is 0 Å². The molecule has 0 aliphatic rings. The lowest BCUT2D eigenvalue weighted by molar-refractivity contribution is 0.263. The van der Waals surface area contributed by atoms with Crippen LogP contribution in [0.1, 0.15) is 13.3 Å². The molecule has 0 aliphatic heterocycles. The molecule has 0 aliphatic carbocycles. The van der Waals surface area contributed by atoms with E-state index < -0.39 is 32.4 Å². The maximum Gasteiger partial charge on any atom is 0.240 e. The van der Waals surface area contributed by atoms with Gasteiger partial charge in [0.1, 0.15) is 0 Å². The van der Waals surface area contributed by atoms with E-state index in [0.29, 0.717) is 18.6 Å². The Bertz CT molecular complexity index is 525. The third-order valence-corrected chi connectivity index (χ3v) is 3.91. The molecule has 1 atom stereocenters. The summed E-state index contributed by atoms with van der Waals surface area (Å²) in [7, 11) is -4.11. The quantitative estimate of drug-likeness (QED) is 0.780. The molecule has 0 amide bonds. The van der Waals surface area contributed by atoms with Gasteiger partial charge in [0.2, 0.25) is 10.0 Å². The van der Waals surface area contributed by atoms with E-state index >= 15 is 0 Å². The number of benzene rings is 1. The molecule has 0 heterocycles. The molecule has 0 saturated carbocycles. The highest BCUT2D eigenvalue weighted by atomic mass is 32.2. The highest BCUT2D eigenvalue weighted by Crippen LogP contribution is 2.17. The molecule has 8 heteroatoms. The number of halogens is 3.